The third-order valence-electron chi connectivity index (χ3n) is 2.24. The highest BCUT2D eigenvalue weighted by Gasteiger charge is 2.11. The summed E-state index contributed by atoms with van der Waals surface area (Å²) in [7, 11) is 1.76. The average Bonchev–Trinajstić information content (AvgIpc) is 2.26. The van der Waals surface area contributed by atoms with Crippen molar-refractivity contribution in [2.75, 3.05) is 13.7 Å². The van der Waals surface area contributed by atoms with Crippen LogP contribution < -0.4 is 15.8 Å². The molecular weight excluding hydrogens is 211 g/mol. The fraction of sp³-hybridized carbons (Fsp3) is 0.364. The molecule has 4 nitrogen and oxygen atoms in total. The Bertz CT molecular complexity index is 382. The van der Waals surface area contributed by atoms with Crippen LogP contribution in [0.4, 0.5) is 4.39 Å². The topological polar surface area (TPSA) is 64.3 Å². The van der Waals surface area contributed by atoms with Gasteiger partial charge >= 0.3 is 0 Å². The average molecular weight is 226 g/mol. The minimum absolute atomic E-state index is 0.0708. The zero-order chi connectivity index (χ0) is 12.1. The predicted molar refractivity (Wildman–Crippen MR) is 58.6 cm³/mol. The van der Waals surface area contributed by atoms with E-state index in [0.29, 0.717) is 11.3 Å². The largest absolute Gasteiger partial charge is 0.483 e. The summed E-state index contributed by atoms with van der Waals surface area (Å²) in [5.41, 5.74) is 5.63. The molecule has 0 bridgehead atoms. The van der Waals surface area contributed by atoms with Crippen molar-refractivity contribution < 1.29 is 13.9 Å². The van der Waals surface area contributed by atoms with Gasteiger partial charge in [-0.2, -0.15) is 0 Å². The van der Waals surface area contributed by atoms with Crippen LogP contribution in [0.2, 0.25) is 0 Å². The van der Waals surface area contributed by atoms with Gasteiger partial charge in [0, 0.05) is 11.6 Å². The number of ether oxygens (including phenoxy) is 1. The Balaban J connectivity index is 2.93. The van der Waals surface area contributed by atoms with Crippen LogP contribution in [0.3, 0.4) is 0 Å². The summed E-state index contributed by atoms with van der Waals surface area (Å²) >= 11 is 0. The van der Waals surface area contributed by atoms with Gasteiger partial charge in [0.05, 0.1) is 0 Å². The number of primary amides is 1. The molecular formula is C11H15FN2O2. The molecule has 0 aliphatic rings. The number of nitrogens with one attached hydrogen (secondary N) is 1. The Morgan fingerprint density at radius 1 is 1.62 bits per heavy atom. The molecule has 1 aromatic carbocycles. The van der Waals surface area contributed by atoms with Gasteiger partial charge in [-0.05, 0) is 32.2 Å². The lowest BCUT2D eigenvalue weighted by Crippen LogP contribution is -2.21. The quantitative estimate of drug-likeness (QED) is 0.786. The first-order valence-electron chi connectivity index (χ1n) is 4.92. The second-order valence-electron chi connectivity index (χ2n) is 3.45. The van der Waals surface area contributed by atoms with Crippen LogP contribution in [0.15, 0.2) is 18.2 Å². The Labute approximate surface area is 93.6 Å². The van der Waals surface area contributed by atoms with Gasteiger partial charge in [-0.15, -0.1) is 0 Å². The third kappa shape index (κ3) is 3.20. The van der Waals surface area contributed by atoms with Gasteiger partial charge < -0.3 is 15.8 Å². The fourth-order valence-corrected chi connectivity index (χ4v) is 1.29. The minimum Gasteiger partial charge on any atom is -0.483 e. The minimum atomic E-state index is -0.563. The number of benzene rings is 1. The standard InChI is InChI=1S/C11H15FN2O2/c1-7(14-2)9-5-8(12)3-4-10(9)16-6-11(13)15/h3-5,7,14H,6H2,1-2H3,(H2,13,15). The van der Waals surface area contributed by atoms with Crippen molar-refractivity contribution >= 4 is 5.91 Å². The highest BCUT2D eigenvalue weighted by molar-refractivity contribution is 5.75. The zero-order valence-electron chi connectivity index (χ0n) is 9.29. The number of hydrogen-bond donors (Lipinski definition) is 2. The zero-order valence-corrected chi connectivity index (χ0v) is 9.29. The normalized spacial score (nSPS) is 12.2. The van der Waals surface area contributed by atoms with E-state index in [-0.39, 0.29) is 18.5 Å². The number of nitrogens with two attached hydrogens (primary N) is 1. The molecule has 0 radical (unpaired) electrons. The van der Waals surface area contributed by atoms with Crippen molar-refractivity contribution in [1.82, 2.24) is 5.32 Å². The van der Waals surface area contributed by atoms with E-state index >= 15 is 0 Å². The second kappa shape index (κ2) is 5.46. The molecule has 1 atom stereocenters. The fourth-order valence-electron chi connectivity index (χ4n) is 1.29. The molecule has 0 heterocycles. The maximum absolute atomic E-state index is 13.1. The van der Waals surface area contributed by atoms with Crippen molar-refractivity contribution in [3.05, 3.63) is 29.6 Å². The first kappa shape index (κ1) is 12.4. The summed E-state index contributed by atoms with van der Waals surface area (Å²) in [6.45, 7) is 1.65. The molecule has 1 unspecified atom stereocenters. The van der Waals surface area contributed by atoms with Crippen molar-refractivity contribution in [2.24, 2.45) is 5.73 Å². The first-order chi connectivity index (χ1) is 7.54. The molecule has 5 heteroatoms. The van der Waals surface area contributed by atoms with Gasteiger partial charge in [0.15, 0.2) is 6.61 Å². The number of carbonyl (C=O) groups excluding carboxylic acids is 1. The molecule has 16 heavy (non-hydrogen) atoms. The highest BCUT2D eigenvalue weighted by atomic mass is 19.1. The van der Waals surface area contributed by atoms with Gasteiger partial charge in [-0.3, -0.25) is 4.79 Å². The lowest BCUT2D eigenvalue weighted by molar-refractivity contribution is -0.119. The van der Waals surface area contributed by atoms with Crippen LogP contribution in [-0.2, 0) is 4.79 Å². The summed E-state index contributed by atoms with van der Waals surface area (Å²) < 4.78 is 18.3. The molecule has 0 spiro atoms. The summed E-state index contributed by atoms with van der Waals surface area (Å²) in [6, 6.07) is 4.07. The van der Waals surface area contributed by atoms with Gasteiger partial charge in [0.2, 0.25) is 0 Å². The maximum Gasteiger partial charge on any atom is 0.255 e. The SMILES string of the molecule is CNC(C)c1cc(F)ccc1OCC(N)=O. The van der Waals surface area contributed by atoms with Crippen molar-refractivity contribution in [3.8, 4) is 5.75 Å². The summed E-state index contributed by atoms with van der Waals surface area (Å²) in [5.74, 6) is -0.446. The van der Waals surface area contributed by atoms with Crippen LogP contribution >= 0.6 is 0 Å². The maximum atomic E-state index is 13.1. The lowest BCUT2D eigenvalue weighted by atomic mass is 10.1. The summed E-state index contributed by atoms with van der Waals surface area (Å²) in [5, 5.41) is 2.97. The van der Waals surface area contributed by atoms with Crippen LogP contribution in [-0.4, -0.2) is 19.6 Å². The molecule has 0 aliphatic carbocycles. The van der Waals surface area contributed by atoms with Crippen LogP contribution in [0, 0.1) is 5.82 Å². The summed E-state index contributed by atoms with van der Waals surface area (Å²) in [4.78, 5) is 10.6. The molecule has 0 saturated carbocycles. The van der Waals surface area contributed by atoms with E-state index in [4.69, 9.17) is 10.5 Å². The van der Waals surface area contributed by atoms with Crippen LogP contribution in [0.25, 0.3) is 0 Å². The molecule has 0 saturated heterocycles. The van der Waals surface area contributed by atoms with Crippen molar-refractivity contribution in [1.29, 1.82) is 0 Å². The lowest BCUT2D eigenvalue weighted by Gasteiger charge is -2.15. The molecule has 1 rings (SSSR count). The van der Waals surface area contributed by atoms with Gasteiger partial charge in [0.1, 0.15) is 11.6 Å². The number of amides is 1. The molecule has 88 valence electrons. The van der Waals surface area contributed by atoms with Crippen LogP contribution in [0.5, 0.6) is 5.75 Å². The van der Waals surface area contributed by atoms with E-state index in [1.54, 1.807) is 7.05 Å². The van der Waals surface area contributed by atoms with E-state index in [0.717, 1.165) is 0 Å². The third-order valence-corrected chi connectivity index (χ3v) is 2.24. The Morgan fingerprint density at radius 2 is 2.31 bits per heavy atom. The van der Waals surface area contributed by atoms with E-state index in [2.05, 4.69) is 5.32 Å². The monoisotopic (exact) mass is 226 g/mol. The van der Waals surface area contributed by atoms with Gasteiger partial charge in [0.25, 0.3) is 5.91 Å². The Hall–Kier alpha value is -1.62. The number of carbonyl (C=O) groups is 1. The van der Waals surface area contributed by atoms with Gasteiger partial charge in [-0.25, -0.2) is 4.39 Å². The molecule has 0 aromatic heterocycles. The predicted octanol–water partition coefficient (Wildman–Crippen LogP) is 0.970. The molecule has 0 aliphatic heterocycles. The molecule has 3 N–H and O–H groups in total. The van der Waals surface area contributed by atoms with Crippen molar-refractivity contribution in [2.45, 2.75) is 13.0 Å². The Kier molecular flexibility index (Phi) is 4.25. The molecule has 0 fully saturated rings. The first-order valence-corrected chi connectivity index (χ1v) is 4.92. The smallest absolute Gasteiger partial charge is 0.255 e. The highest BCUT2D eigenvalue weighted by Crippen LogP contribution is 2.25. The Morgan fingerprint density at radius 3 is 2.88 bits per heavy atom. The number of halogens is 1. The molecule has 1 amide bonds. The molecule has 1 aromatic rings. The number of rotatable bonds is 5. The second-order valence-corrected chi connectivity index (χ2v) is 3.45. The number of hydrogen-bond acceptors (Lipinski definition) is 3. The van der Waals surface area contributed by atoms with E-state index in [1.165, 1.54) is 18.2 Å². The van der Waals surface area contributed by atoms with E-state index in [9.17, 15) is 9.18 Å². The van der Waals surface area contributed by atoms with Gasteiger partial charge in [-0.1, -0.05) is 0 Å². The van der Waals surface area contributed by atoms with Crippen LogP contribution in [0.1, 0.15) is 18.5 Å². The van der Waals surface area contributed by atoms with E-state index < -0.39 is 5.91 Å². The van der Waals surface area contributed by atoms with Crippen molar-refractivity contribution in [3.63, 3.8) is 0 Å². The van der Waals surface area contributed by atoms with E-state index in [1.807, 2.05) is 6.92 Å². The summed E-state index contributed by atoms with van der Waals surface area (Å²) in [6.07, 6.45) is 0.